The van der Waals surface area contributed by atoms with Crippen molar-refractivity contribution in [1.82, 2.24) is 20.4 Å². The number of ether oxygens (including phenoxy) is 1. The van der Waals surface area contributed by atoms with Crippen LogP contribution in [-0.4, -0.2) is 48.0 Å². The Labute approximate surface area is 227 Å². The van der Waals surface area contributed by atoms with Crippen LogP contribution >= 0.6 is 0 Å². The highest BCUT2D eigenvalue weighted by atomic mass is 32.2. The Morgan fingerprint density at radius 1 is 0.974 bits per heavy atom. The average molecular weight is 549 g/mol. The Bertz CT molecular complexity index is 1530. The Kier molecular flexibility index (Phi) is 7.76. The predicted molar refractivity (Wildman–Crippen MR) is 149 cm³/mol. The lowest BCUT2D eigenvalue weighted by Crippen LogP contribution is -2.40. The fraction of sp³-hybridized carbons (Fsp3) is 0.321. The highest BCUT2D eigenvalue weighted by Crippen LogP contribution is 2.30. The molecule has 0 amide bonds. The maximum Gasteiger partial charge on any atom is 0.189 e. The summed E-state index contributed by atoms with van der Waals surface area (Å²) in [5.74, 6) is 0.568. The fourth-order valence-electron chi connectivity index (χ4n) is 4.40. The molecule has 0 radical (unpaired) electrons. The molecule has 1 aliphatic heterocycles. The molecule has 0 saturated carbocycles. The van der Waals surface area contributed by atoms with Crippen molar-refractivity contribution in [1.29, 1.82) is 0 Å². The van der Waals surface area contributed by atoms with Crippen molar-refractivity contribution in [3.05, 3.63) is 66.4 Å². The molecular formula is C28H32N6O4S. The molecule has 0 spiro atoms. The highest BCUT2D eigenvalue weighted by molar-refractivity contribution is 7.92. The van der Waals surface area contributed by atoms with Crippen molar-refractivity contribution in [2.24, 2.45) is 5.73 Å². The first-order chi connectivity index (χ1) is 18.7. The summed E-state index contributed by atoms with van der Waals surface area (Å²) in [6.07, 6.45) is 3.17. The highest BCUT2D eigenvalue weighted by Gasteiger charge is 2.20. The molecule has 204 valence electrons. The van der Waals surface area contributed by atoms with Crippen molar-refractivity contribution >= 4 is 15.7 Å². The first kappa shape index (κ1) is 26.9. The number of aromatic nitrogens is 3. The van der Waals surface area contributed by atoms with E-state index in [0.29, 0.717) is 34.4 Å². The molecule has 0 aliphatic carbocycles. The molecule has 5 N–H and O–H groups in total. The van der Waals surface area contributed by atoms with E-state index in [9.17, 15) is 8.42 Å². The number of sulfone groups is 1. The largest absolute Gasteiger partial charge is 0.382 e. The van der Waals surface area contributed by atoms with Crippen molar-refractivity contribution in [2.45, 2.75) is 49.0 Å². The van der Waals surface area contributed by atoms with Crippen molar-refractivity contribution in [3.63, 3.8) is 0 Å². The molecule has 5 rings (SSSR count). The summed E-state index contributed by atoms with van der Waals surface area (Å²) in [7, 11) is -3.37. The second kappa shape index (κ2) is 11.2. The molecule has 1 saturated heterocycles. The van der Waals surface area contributed by atoms with Crippen LogP contribution in [-0.2, 0) is 14.6 Å². The van der Waals surface area contributed by atoms with Gasteiger partial charge in [0.2, 0.25) is 0 Å². The van der Waals surface area contributed by atoms with Gasteiger partial charge in [0, 0.05) is 36.4 Å². The maximum atomic E-state index is 12.4. The lowest BCUT2D eigenvalue weighted by molar-refractivity contribution is 0.0750. The van der Waals surface area contributed by atoms with Gasteiger partial charge in [0.05, 0.1) is 28.2 Å². The first-order valence-electron chi connectivity index (χ1n) is 12.9. The molecule has 39 heavy (non-hydrogen) atoms. The van der Waals surface area contributed by atoms with E-state index in [4.69, 9.17) is 20.7 Å². The number of nitrogens with one attached hydrogen (secondary N) is 1. The zero-order valence-corrected chi connectivity index (χ0v) is 22.7. The van der Waals surface area contributed by atoms with E-state index in [0.717, 1.165) is 37.2 Å². The second-order valence-corrected chi connectivity index (χ2v) is 12.3. The minimum Gasteiger partial charge on any atom is -0.382 e. The third-order valence-corrected chi connectivity index (χ3v) is 9.02. The van der Waals surface area contributed by atoms with Gasteiger partial charge in [-0.1, -0.05) is 41.6 Å². The molecule has 10 nitrogen and oxygen atoms in total. The summed E-state index contributed by atoms with van der Waals surface area (Å²) in [5, 5.41) is 7.16. The van der Waals surface area contributed by atoms with Gasteiger partial charge in [-0.05, 0) is 44.4 Å². The zero-order valence-electron chi connectivity index (χ0n) is 21.9. The number of nitrogens with zero attached hydrogens (tertiary/aromatic N) is 3. The molecule has 1 unspecified atom stereocenters. The number of nitrogens with two attached hydrogens (primary N) is 2. The number of anilines is 1. The molecule has 11 heteroatoms. The third-order valence-electron chi connectivity index (χ3n) is 6.85. The van der Waals surface area contributed by atoms with E-state index in [-0.39, 0.29) is 16.9 Å². The number of benzene rings is 2. The smallest absolute Gasteiger partial charge is 0.189 e. The van der Waals surface area contributed by atoms with Gasteiger partial charge >= 0.3 is 0 Å². The minimum absolute atomic E-state index is 0.195. The summed E-state index contributed by atoms with van der Waals surface area (Å²) in [6.45, 7) is 4.82. The summed E-state index contributed by atoms with van der Waals surface area (Å²) in [5.41, 5.74) is 16.5. The summed E-state index contributed by atoms with van der Waals surface area (Å²) in [6, 6.07) is 16.5. The predicted octanol–water partition coefficient (Wildman–Crippen LogP) is 3.96. The summed E-state index contributed by atoms with van der Waals surface area (Å²) in [4.78, 5) is 9.17. The standard InChI is InChI=1S/C28H32N6O4S/c1-17(2)39(35,36)22-9-7-19(8-10-22)24-16-31-28(30)26(33-24)25-15-23(34-38-25)18-3-5-20(6-4-18)27(29)32-21-11-13-37-14-12-21/h3-10,15-17,21,27,32H,11-14,29H2,1-2H3,(H2,30,31). The summed E-state index contributed by atoms with van der Waals surface area (Å²) >= 11 is 0. The van der Waals surface area contributed by atoms with Gasteiger partial charge in [0.25, 0.3) is 0 Å². The van der Waals surface area contributed by atoms with Crippen LogP contribution in [0.3, 0.4) is 0 Å². The molecule has 1 aliphatic rings. The number of nitrogen functional groups attached to an aromatic ring is 1. The molecule has 1 fully saturated rings. The Balaban J connectivity index is 1.33. The average Bonchev–Trinajstić information content (AvgIpc) is 3.44. The topological polar surface area (TPSA) is 159 Å². The molecule has 2 aromatic heterocycles. The molecule has 1 atom stereocenters. The van der Waals surface area contributed by atoms with Gasteiger partial charge in [0.1, 0.15) is 5.69 Å². The van der Waals surface area contributed by atoms with Crippen LogP contribution in [0.5, 0.6) is 0 Å². The Morgan fingerprint density at radius 2 is 1.62 bits per heavy atom. The van der Waals surface area contributed by atoms with Crippen LogP contribution in [0.25, 0.3) is 34.0 Å². The van der Waals surface area contributed by atoms with Crippen molar-refractivity contribution in [3.8, 4) is 34.0 Å². The Hall–Kier alpha value is -3.64. The van der Waals surface area contributed by atoms with Crippen LogP contribution in [0.15, 0.2) is 70.2 Å². The maximum absolute atomic E-state index is 12.4. The second-order valence-electron chi connectivity index (χ2n) is 9.84. The van der Waals surface area contributed by atoms with Crippen molar-refractivity contribution in [2.75, 3.05) is 18.9 Å². The monoisotopic (exact) mass is 548 g/mol. The molecular weight excluding hydrogens is 516 g/mol. The van der Waals surface area contributed by atoms with Gasteiger partial charge in [-0.2, -0.15) is 0 Å². The quantitative estimate of drug-likeness (QED) is 0.275. The number of hydrogen-bond acceptors (Lipinski definition) is 10. The lowest BCUT2D eigenvalue weighted by Gasteiger charge is -2.26. The number of hydrogen-bond donors (Lipinski definition) is 3. The van der Waals surface area contributed by atoms with E-state index < -0.39 is 15.1 Å². The van der Waals surface area contributed by atoms with Crippen LogP contribution in [0.1, 0.15) is 38.4 Å². The first-order valence-corrected chi connectivity index (χ1v) is 14.4. The zero-order chi connectivity index (χ0) is 27.6. The molecule has 0 bridgehead atoms. The van der Waals surface area contributed by atoms with E-state index in [2.05, 4.69) is 20.4 Å². The molecule has 2 aromatic carbocycles. The van der Waals surface area contributed by atoms with E-state index in [1.165, 1.54) is 0 Å². The third kappa shape index (κ3) is 5.86. The van der Waals surface area contributed by atoms with Crippen LogP contribution in [0.2, 0.25) is 0 Å². The van der Waals surface area contributed by atoms with E-state index >= 15 is 0 Å². The van der Waals surface area contributed by atoms with Gasteiger partial charge in [-0.15, -0.1) is 0 Å². The van der Waals surface area contributed by atoms with Gasteiger partial charge in [-0.25, -0.2) is 18.4 Å². The van der Waals surface area contributed by atoms with Crippen LogP contribution in [0.4, 0.5) is 5.82 Å². The molecule has 4 aromatic rings. The van der Waals surface area contributed by atoms with Crippen molar-refractivity contribution < 1.29 is 17.7 Å². The normalized spacial score (nSPS) is 15.5. The minimum atomic E-state index is -3.37. The van der Waals surface area contributed by atoms with Crippen LogP contribution < -0.4 is 16.8 Å². The van der Waals surface area contributed by atoms with Crippen LogP contribution in [0, 0.1) is 0 Å². The van der Waals surface area contributed by atoms with Gasteiger partial charge in [-0.3, -0.25) is 5.32 Å². The van der Waals surface area contributed by atoms with E-state index in [1.54, 1.807) is 50.4 Å². The summed E-state index contributed by atoms with van der Waals surface area (Å²) < 4.78 is 35.9. The molecule has 3 heterocycles. The van der Waals surface area contributed by atoms with E-state index in [1.807, 2.05) is 24.3 Å². The van der Waals surface area contributed by atoms with Gasteiger partial charge in [0.15, 0.2) is 27.1 Å². The van der Waals surface area contributed by atoms with Gasteiger partial charge < -0.3 is 20.7 Å². The number of rotatable bonds is 8. The Morgan fingerprint density at radius 3 is 2.28 bits per heavy atom. The SMILES string of the molecule is CC(C)S(=O)(=O)c1ccc(-c2cnc(N)c(-c3cc(-c4ccc(C(N)NC5CCOCC5)cc4)no3)n2)cc1. The fourth-order valence-corrected chi connectivity index (χ4v) is 5.46. The lowest BCUT2D eigenvalue weighted by atomic mass is 10.0.